The number of carbonyl (C=O) groups excluding carboxylic acids is 1. The van der Waals surface area contributed by atoms with Gasteiger partial charge in [0.2, 0.25) is 0 Å². The minimum absolute atomic E-state index is 0.0264. The number of amides is 1. The van der Waals surface area contributed by atoms with E-state index >= 15 is 0 Å². The number of hydrogen-bond donors (Lipinski definition) is 2. The number of nitro benzene ring substituents is 1. The zero-order valence-electron chi connectivity index (χ0n) is 18.9. The third kappa shape index (κ3) is 5.01. The highest BCUT2D eigenvalue weighted by molar-refractivity contribution is 7.80. The Kier molecular flexibility index (Phi) is 6.55. The first-order valence-corrected chi connectivity index (χ1v) is 10.7. The molecule has 4 rings (SSSR count). The largest absolute Gasteiger partial charge is 0.497 e. The standard InChI is InChI=1S/C23H20N6O5S/c1-13-10-18-19(27-28(26-18)15-5-7-16(33-2)8-6-15)12-17(13)24-23(35)25-22(30)14-4-9-21(34-3)20(11-14)29(31)32/h4-12H,1-3H3,(H2,24,25,30,35). The average Bonchev–Trinajstić information content (AvgIpc) is 3.26. The van der Waals surface area contributed by atoms with E-state index in [-0.39, 0.29) is 22.1 Å². The summed E-state index contributed by atoms with van der Waals surface area (Å²) in [6, 6.07) is 14.9. The Morgan fingerprint density at radius 3 is 2.34 bits per heavy atom. The van der Waals surface area contributed by atoms with Crippen LogP contribution in [-0.2, 0) is 0 Å². The number of benzene rings is 3. The third-order valence-corrected chi connectivity index (χ3v) is 5.35. The van der Waals surface area contributed by atoms with E-state index in [1.165, 1.54) is 24.0 Å². The van der Waals surface area contributed by atoms with Gasteiger partial charge >= 0.3 is 5.69 Å². The van der Waals surface area contributed by atoms with Crippen LogP contribution in [0.2, 0.25) is 0 Å². The summed E-state index contributed by atoms with van der Waals surface area (Å²) in [6.07, 6.45) is 0. The van der Waals surface area contributed by atoms with Crippen LogP contribution < -0.4 is 20.1 Å². The van der Waals surface area contributed by atoms with Crippen LogP contribution in [0.1, 0.15) is 15.9 Å². The van der Waals surface area contributed by atoms with Crippen LogP contribution in [0.15, 0.2) is 54.6 Å². The van der Waals surface area contributed by atoms with E-state index in [4.69, 9.17) is 21.7 Å². The van der Waals surface area contributed by atoms with E-state index in [9.17, 15) is 14.9 Å². The number of anilines is 1. The van der Waals surface area contributed by atoms with Crippen molar-refractivity contribution < 1.29 is 19.2 Å². The lowest BCUT2D eigenvalue weighted by Gasteiger charge is -2.12. The number of rotatable bonds is 6. The van der Waals surface area contributed by atoms with E-state index in [2.05, 4.69) is 20.8 Å². The number of hydrogen-bond acceptors (Lipinski definition) is 8. The van der Waals surface area contributed by atoms with Gasteiger partial charge in [0.15, 0.2) is 10.9 Å². The van der Waals surface area contributed by atoms with Gasteiger partial charge in [0.1, 0.15) is 16.8 Å². The third-order valence-electron chi connectivity index (χ3n) is 5.14. The van der Waals surface area contributed by atoms with Crippen molar-refractivity contribution in [3.63, 3.8) is 0 Å². The quantitative estimate of drug-likeness (QED) is 0.234. The van der Waals surface area contributed by atoms with Crippen LogP contribution in [-0.4, -0.2) is 45.2 Å². The molecule has 0 atom stereocenters. The highest BCUT2D eigenvalue weighted by atomic mass is 32.1. The number of nitro groups is 1. The maximum absolute atomic E-state index is 12.6. The number of aromatic nitrogens is 3. The van der Waals surface area contributed by atoms with E-state index in [1.54, 1.807) is 13.2 Å². The fourth-order valence-electron chi connectivity index (χ4n) is 3.34. The highest BCUT2D eigenvalue weighted by Crippen LogP contribution is 2.27. The summed E-state index contributed by atoms with van der Waals surface area (Å²) in [4.78, 5) is 24.7. The van der Waals surface area contributed by atoms with Crippen LogP contribution in [0.3, 0.4) is 0 Å². The van der Waals surface area contributed by atoms with E-state index < -0.39 is 10.8 Å². The number of aryl methyl sites for hydroxylation is 1. The number of fused-ring (bicyclic) bond motifs is 1. The molecule has 35 heavy (non-hydrogen) atoms. The first-order valence-electron chi connectivity index (χ1n) is 10.3. The number of methoxy groups -OCH3 is 2. The lowest BCUT2D eigenvalue weighted by molar-refractivity contribution is -0.385. The highest BCUT2D eigenvalue weighted by Gasteiger charge is 2.19. The number of ether oxygens (including phenoxy) is 2. The van der Waals surface area contributed by atoms with E-state index in [0.29, 0.717) is 16.7 Å². The van der Waals surface area contributed by atoms with Crippen LogP contribution in [0.5, 0.6) is 11.5 Å². The predicted molar refractivity (Wildman–Crippen MR) is 133 cm³/mol. The summed E-state index contributed by atoms with van der Waals surface area (Å²) in [7, 11) is 2.91. The molecule has 11 nitrogen and oxygen atoms in total. The molecule has 0 fully saturated rings. The van der Waals surface area contributed by atoms with Crippen molar-refractivity contribution in [3.05, 3.63) is 75.8 Å². The molecule has 12 heteroatoms. The Morgan fingerprint density at radius 1 is 1.03 bits per heavy atom. The molecule has 178 valence electrons. The second-order valence-electron chi connectivity index (χ2n) is 7.40. The molecule has 1 amide bonds. The molecule has 3 aromatic carbocycles. The molecule has 1 aromatic heterocycles. The van der Waals surface area contributed by atoms with Crippen molar-refractivity contribution in [2.75, 3.05) is 19.5 Å². The minimum atomic E-state index is -0.621. The van der Waals surface area contributed by atoms with Gasteiger partial charge < -0.3 is 14.8 Å². The minimum Gasteiger partial charge on any atom is -0.497 e. The molecule has 0 aliphatic heterocycles. The van der Waals surface area contributed by atoms with Gasteiger partial charge in [-0.05, 0) is 73.2 Å². The zero-order chi connectivity index (χ0) is 25.1. The molecule has 1 heterocycles. The normalized spacial score (nSPS) is 10.6. The maximum Gasteiger partial charge on any atom is 0.311 e. The first kappa shape index (κ1) is 23.6. The van der Waals surface area contributed by atoms with Gasteiger partial charge in [0.25, 0.3) is 5.91 Å². The molecular formula is C23H20N6O5S. The number of nitrogens with zero attached hydrogens (tertiary/aromatic N) is 4. The van der Waals surface area contributed by atoms with Crippen LogP contribution in [0, 0.1) is 17.0 Å². The van der Waals surface area contributed by atoms with Crippen molar-refractivity contribution >= 4 is 45.6 Å². The molecular weight excluding hydrogens is 472 g/mol. The van der Waals surface area contributed by atoms with Crippen molar-refractivity contribution in [2.24, 2.45) is 0 Å². The molecule has 0 spiro atoms. The monoisotopic (exact) mass is 492 g/mol. The molecule has 0 aliphatic rings. The lowest BCUT2D eigenvalue weighted by atomic mass is 10.1. The second kappa shape index (κ2) is 9.73. The summed E-state index contributed by atoms with van der Waals surface area (Å²) in [5.41, 5.74) is 3.28. The van der Waals surface area contributed by atoms with Gasteiger partial charge in [-0.1, -0.05) is 0 Å². The van der Waals surface area contributed by atoms with Crippen molar-refractivity contribution in [1.82, 2.24) is 20.3 Å². The molecule has 0 aliphatic carbocycles. The Balaban J connectivity index is 1.51. The number of carbonyl (C=O) groups is 1. The van der Waals surface area contributed by atoms with Gasteiger partial charge in [-0.3, -0.25) is 20.2 Å². The number of thiocarbonyl (C=S) groups is 1. The van der Waals surface area contributed by atoms with Crippen LogP contribution >= 0.6 is 12.2 Å². The van der Waals surface area contributed by atoms with Gasteiger partial charge in [-0.25, -0.2) is 0 Å². The smallest absolute Gasteiger partial charge is 0.311 e. The Morgan fingerprint density at radius 2 is 1.71 bits per heavy atom. The molecule has 0 saturated carbocycles. The Bertz CT molecular complexity index is 1450. The van der Waals surface area contributed by atoms with Gasteiger partial charge in [0, 0.05) is 17.3 Å². The zero-order valence-corrected chi connectivity index (χ0v) is 19.8. The lowest BCUT2D eigenvalue weighted by Crippen LogP contribution is -2.34. The molecule has 0 unspecified atom stereocenters. The molecule has 0 bridgehead atoms. The molecule has 0 radical (unpaired) electrons. The second-order valence-corrected chi connectivity index (χ2v) is 7.80. The first-order chi connectivity index (χ1) is 16.8. The van der Waals surface area contributed by atoms with Gasteiger partial charge in [-0.15, -0.1) is 10.2 Å². The van der Waals surface area contributed by atoms with Crippen molar-refractivity contribution in [2.45, 2.75) is 6.92 Å². The Labute approximate surface area is 204 Å². The average molecular weight is 493 g/mol. The molecule has 2 N–H and O–H groups in total. The maximum atomic E-state index is 12.6. The summed E-state index contributed by atoms with van der Waals surface area (Å²) in [5.74, 6) is 0.184. The summed E-state index contributed by atoms with van der Waals surface area (Å²) >= 11 is 5.28. The summed E-state index contributed by atoms with van der Waals surface area (Å²) in [6.45, 7) is 1.87. The summed E-state index contributed by atoms with van der Waals surface area (Å²) in [5, 5.41) is 25.8. The van der Waals surface area contributed by atoms with Crippen molar-refractivity contribution in [1.29, 1.82) is 0 Å². The van der Waals surface area contributed by atoms with Crippen LogP contribution in [0.4, 0.5) is 11.4 Å². The van der Waals surface area contributed by atoms with Gasteiger partial charge in [0.05, 0.1) is 24.8 Å². The predicted octanol–water partition coefficient (Wildman–Crippen LogP) is 3.78. The van der Waals surface area contributed by atoms with E-state index in [1.807, 2.05) is 37.3 Å². The molecule has 4 aromatic rings. The topological polar surface area (TPSA) is 133 Å². The number of nitrogens with one attached hydrogen (secondary N) is 2. The van der Waals surface area contributed by atoms with Crippen LogP contribution in [0.25, 0.3) is 16.7 Å². The Hall–Kier alpha value is -4.58. The fraction of sp³-hybridized carbons (Fsp3) is 0.130. The summed E-state index contributed by atoms with van der Waals surface area (Å²) < 4.78 is 10.1. The SMILES string of the molecule is COc1ccc(-n2nc3cc(C)c(NC(=S)NC(=O)c4ccc(OC)c([N+](=O)[O-])c4)cc3n2)cc1. The van der Waals surface area contributed by atoms with E-state index in [0.717, 1.165) is 23.1 Å². The van der Waals surface area contributed by atoms with Gasteiger partial charge in [-0.2, -0.15) is 4.80 Å². The van der Waals surface area contributed by atoms with Crippen molar-refractivity contribution in [3.8, 4) is 17.2 Å². The fourth-order valence-corrected chi connectivity index (χ4v) is 3.54. The molecule has 0 saturated heterocycles.